The van der Waals surface area contributed by atoms with Crippen molar-refractivity contribution in [1.82, 2.24) is 0 Å². The highest BCUT2D eigenvalue weighted by Crippen LogP contribution is 2.43. The molecule has 170 valence electrons. The summed E-state index contributed by atoms with van der Waals surface area (Å²) >= 11 is 0. The highest BCUT2D eigenvalue weighted by molar-refractivity contribution is 6.13. The molecule has 7 rings (SSSR count). The van der Waals surface area contributed by atoms with Crippen LogP contribution in [-0.2, 0) is 0 Å². The average molecular weight is 462 g/mol. The quantitative estimate of drug-likeness (QED) is 0.259. The molecule has 0 saturated carbocycles. The van der Waals surface area contributed by atoms with Crippen molar-refractivity contribution in [3.63, 3.8) is 0 Å². The van der Waals surface area contributed by atoms with Gasteiger partial charge >= 0.3 is 0 Å². The SMILES string of the molecule is c1ccc(N(c2cccc(-c3cccc4ccccc34)c2)c2cccc3oc4ccccc4c23)cc1. The topological polar surface area (TPSA) is 16.4 Å². The Morgan fingerprint density at radius 2 is 1.14 bits per heavy atom. The van der Waals surface area contributed by atoms with Gasteiger partial charge in [-0.25, -0.2) is 0 Å². The van der Waals surface area contributed by atoms with E-state index in [1.54, 1.807) is 0 Å². The fourth-order valence-corrected chi connectivity index (χ4v) is 5.24. The molecule has 0 atom stereocenters. The van der Waals surface area contributed by atoms with Gasteiger partial charge in [-0.15, -0.1) is 0 Å². The van der Waals surface area contributed by atoms with Gasteiger partial charge in [-0.3, -0.25) is 0 Å². The Bertz CT molecular complexity index is 1840. The zero-order valence-electron chi connectivity index (χ0n) is 19.6. The van der Waals surface area contributed by atoms with Crippen LogP contribution in [0.1, 0.15) is 0 Å². The molecular weight excluding hydrogens is 438 g/mol. The number of fused-ring (bicyclic) bond motifs is 4. The van der Waals surface area contributed by atoms with Crippen molar-refractivity contribution < 1.29 is 4.42 Å². The summed E-state index contributed by atoms with van der Waals surface area (Å²) in [5, 5.41) is 4.74. The van der Waals surface area contributed by atoms with Gasteiger partial charge in [0.25, 0.3) is 0 Å². The Morgan fingerprint density at radius 3 is 2.06 bits per heavy atom. The van der Waals surface area contributed by atoms with Gasteiger partial charge in [0.1, 0.15) is 11.2 Å². The van der Waals surface area contributed by atoms with E-state index in [4.69, 9.17) is 4.42 Å². The molecule has 1 heterocycles. The van der Waals surface area contributed by atoms with Crippen molar-refractivity contribution in [3.8, 4) is 11.1 Å². The Labute approximate surface area is 209 Å². The van der Waals surface area contributed by atoms with Gasteiger partial charge in [0.2, 0.25) is 0 Å². The first kappa shape index (κ1) is 20.5. The van der Waals surface area contributed by atoms with Crippen molar-refractivity contribution in [2.24, 2.45) is 0 Å². The van der Waals surface area contributed by atoms with Gasteiger partial charge in [0.05, 0.1) is 11.1 Å². The molecule has 0 saturated heterocycles. The van der Waals surface area contributed by atoms with Crippen LogP contribution in [0.25, 0.3) is 43.8 Å². The highest BCUT2D eigenvalue weighted by Gasteiger charge is 2.19. The maximum Gasteiger partial charge on any atom is 0.137 e. The van der Waals surface area contributed by atoms with Crippen LogP contribution in [0.5, 0.6) is 0 Å². The van der Waals surface area contributed by atoms with Crippen LogP contribution in [0.15, 0.2) is 144 Å². The summed E-state index contributed by atoms with van der Waals surface area (Å²) in [7, 11) is 0. The van der Waals surface area contributed by atoms with Crippen LogP contribution in [0.3, 0.4) is 0 Å². The molecule has 2 nitrogen and oxygen atoms in total. The first-order valence-corrected chi connectivity index (χ1v) is 12.2. The summed E-state index contributed by atoms with van der Waals surface area (Å²) in [4.78, 5) is 2.33. The lowest BCUT2D eigenvalue weighted by molar-refractivity contribution is 0.669. The van der Waals surface area contributed by atoms with E-state index in [0.717, 1.165) is 39.0 Å². The monoisotopic (exact) mass is 461 g/mol. The molecule has 0 spiro atoms. The molecule has 1 aromatic heterocycles. The fourth-order valence-electron chi connectivity index (χ4n) is 5.24. The largest absolute Gasteiger partial charge is 0.456 e. The minimum Gasteiger partial charge on any atom is -0.456 e. The Kier molecular flexibility index (Phi) is 4.82. The molecule has 0 aliphatic heterocycles. The van der Waals surface area contributed by atoms with Gasteiger partial charge in [-0.05, 0) is 64.4 Å². The minimum absolute atomic E-state index is 0.889. The van der Waals surface area contributed by atoms with Crippen molar-refractivity contribution in [1.29, 1.82) is 0 Å². The van der Waals surface area contributed by atoms with Gasteiger partial charge in [-0.2, -0.15) is 0 Å². The summed E-state index contributed by atoms with van der Waals surface area (Å²) in [6, 6.07) is 49.0. The summed E-state index contributed by atoms with van der Waals surface area (Å²) in [6.45, 7) is 0. The number of para-hydroxylation sites is 2. The maximum atomic E-state index is 6.23. The maximum absolute atomic E-state index is 6.23. The number of furan rings is 1. The molecule has 6 aromatic carbocycles. The zero-order valence-corrected chi connectivity index (χ0v) is 19.6. The molecular formula is C34H23NO. The highest BCUT2D eigenvalue weighted by atomic mass is 16.3. The van der Waals surface area contributed by atoms with Crippen LogP contribution < -0.4 is 4.90 Å². The Morgan fingerprint density at radius 1 is 0.472 bits per heavy atom. The van der Waals surface area contributed by atoms with Gasteiger partial charge in [-0.1, -0.05) is 97.1 Å². The molecule has 0 fully saturated rings. The van der Waals surface area contributed by atoms with E-state index < -0.39 is 0 Å². The number of rotatable bonds is 4. The third kappa shape index (κ3) is 3.35. The normalized spacial score (nSPS) is 11.3. The van der Waals surface area contributed by atoms with E-state index >= 15 is 0 Å². The number of hydrogen-bond acceptors (Lipinski definition) is 2. The van der Waals surface area contributed by atoms with Crippen molar-refractivity contribution in [2.75, 3.05) is 4.90 Å². The molecule has 36 heavy (non-hydrogen) atoms. The van der Waals surface area contributed by atoms with Gasteiger partial charge in [0.15, 0.2) is 0 Å². The van der Waals surface area contributed by atoms with Crippen LogP contribution in [-0.4, -0.2) is 0 Å². The third-order valence-corrected chi connectivity index (χ3v) is 6.84. The summed E-state index contributed by atoms with van der Waals surface area (Å²) in [5.74, 6) is 0. The van der Waals surface area contributed by atoms with Crippen molar-refractivity contribution in [3.05, 3.63) is 140 Å². The zero-order chi connectivity index (χ0) is 23.9. The smallest absolute Gasteiger partial charge is 0.137 e. The summed E-state index contributed by atoms with van der Waals surface area (Å²) < 4.78 is 6.23. The number of nitrogens with zero attached hydrogens (tertiary/aromatic N) is 1. The average Bonchev–Trinajstić information content (AvgIpc) is 3.33. The lowest BCUT2D eigenvalue weighted by atomic mass is 9.97. The van der Waals surface area contributed by atoms with E-state index in [1.807, 2.05) is 12.1 Å². The minimum atomic E-state index is 0.889. The number of benzene rings is 6. The van der Waals surface area contributed by atoms with Gasteiger partial charge in [0, 0.05) is 16.8 Å². The molecule has 0 aliphatic rings. The van der Waals surface area contributed by atoms with Crippen LogP contribution in [0.4, 0.5) is 17.1 Å². The molecule has 2 heteroatoms. The second kappa shape index (κ2) is 8.44. The fraction of sp³-hybridized carbons (Fsp3) is 0. The van der Waals surface area contributed by atoms with Crippen molar-refractivity contribution in [2.45, 2.75) is 0 Å². The third-order valence-electron chi connectivity index (χ3n) is 6.84. The Hall–Kier alpha value is -4.82. The molecule has 0 amide bonds. The van der Waals surface area contributed by atoms with Gasteiger partial charge < -0.3 is 9.32 Å². The summed E-state index contributed by atoms with van der Waals surface area (Å²) in [6.07, 6.45) is 0. The first-order chi connectivity index (χ1) is 17.9. The Balaban J connectivity index is 1.48. The summed E-state index contributed by atoms with van der Waals surface area (Å²) in [5.41, 5.74) is 7.51. The molecule has 7 aromatic rings. The van der Waals surface area contributed by atoms with E-state index in [9.17, 15) is 0 Å². The first-order valence-electron chi connectivity index (χ1n) is 12.2. The molecule has 0 aliphatic carbocycles. The number of hydrogen-bond donors (Lipinski definition) is 0. The second-order valence-electron chi connectivity index (χ2n) is 9.00. The molecule has 0 unspecified atom stereocenters. The van der Waals surface area contributed by atoms with E-state index in [1.165, 1.54) is 21.9 Å². The van der Waals surface area contributed by atoms with Crippen LogP contribution in [0.2, 0.25) is 0 Å². The molecule has 0 N–H and O–H groups in total. The van der Waals surface area contributed by atoms with E-state index in [0.29, 0.717) is 0 Å². The van der Waals surface area contributed by atoms with Crippen molar-refractivity contribution >= 4 is 49.8 Å². The van der Waals surface area contributed by atoms with Crippen LogP contribution in [0, 0.1) is 0 Å². The lowest BCUT2D eigenvalue weighted by Gasteiger charge is -2.26. The van der Waals surface area contributed by atoms with Crippen LogP contribution >= 0.6 is 0 Å². The lowest BCUT2D eigenvalue weighted by Crippen LogP contribution is -2.10. The molecule has 0 bridgehead atoms. The van der Waals surface area contributed by atoms with E-state index in [-0.39, 0.29) is 0 Å². The standard InChI is InChI=1S/C34H23NO/c1-2-14-26(15-3-1)35(31-20-10-22-33-34(31)30-18-6-7-21-32(30)36-33)27-16-8-13-25(23-27)29-19-9-12-24-11-4-5-17-28(24)29/h1-23H. The second-order valence-corrected chi connectivity index (χ2v) is 9.00. The predicted octanol–water partition coefficient (Wildman–Crippen LogP) is 9.88. The predicted molar refractivity (Wildman–Crippen MR) is 151 cm³/mol. The number of anilines is 3. The van der Waals surface area contributed by atoms with E-state index in [2.05, 4.69) is 132 Å². The molecule has 0 radical (unpaired) electrons.